The Bertz CT molecular complexity index is 1830. The first kappa shape index (κ1) is 30.8. The number of hydrogen-bond donors (Lipinski definition) is 2. The Labute approximate surface area is 243 Å². The van der Waals surface area contributed by atoms with Crippen molar-refractivity contribution >= 4 is 40.1 Å². The van der Waals surface area contributed by atoms with Gasteiger partial charge in [0, 0.05) is 23.9 Å². The molecule has 5 aromatic rings. The summed E-state index contributed by atoms with van der Waals surface area (Å²) in [4.78, 5) is 37.8. The summed E-state index contributed by atoms with van der Waals surface area (Å²) in [7, 11) is 0. The Morgan fingerprint density at radius 1 is 1.00 bits per heavy atom. The minimum absolute atomic E-state index is 0.0128. The molecule has 0 atom stereocenters. The molecule has 0 spiro atoms. The average Bonchev–Trinajstić information content (AvgIpc) is 3.51. The molecular weight excluding hydrogens is 569 g/mol. The lowest BCUT2D eigenvalue weighted by atomic mass is 9.87. The molecule has 5 rings (SSSR count). The summed E-state index contributed by atoms with van der Waals surface area (Å²) in [6.07, 6.45) is -3.46. The molecule has 1 amide bonds. The molecule has 3 heterocycles. The number of furan rings is 1. The van der Waals surface area contributed by atoms with Crippen molar-refractivity contribution < 1.29 is 41.8 Å². The van der Waals surface area contributed by atoms with Gasteiger partial charge in [-0.05, 0) is 59.9 Å². The Kier molecular flexibility index (Phi) is 8.29. The quantitative estimate of drug-likeness (QED) is 0.208. The number of hydrogen-bond acceptors (Lipinski definition) is 7. The number of ether oxygens (including phenoxy) is 1. The number of anilines is 1. The van der Waals surface area contributed by atoms with Crippen LogP contribution in [-0.2, 0) is 10.2 Å². The van der Waals surface area contributed by atoms with Gasteiger partial charge in [-0.2, -0.15) is 13.2 Å². The second-order valence-corrected chi connectivity index (χ2v) is 10.6. The highest BCUT2D eigenvalue weighted by Crippen LogP contribution is 2.33. The fourth-order valence-electron chi connectivity index (χ4n) is 3.92. The lowest BCUT2D eigenvalue weighted by molar-refractivity contribution is -0.192. The number of alkyl halides is 3. The summed E-state index contributed by atoms with van der Waals surface area (Å²) in [6.45, 7) is 9.78. The lowest BCUT2D eigenvalue weighted by Gasteiger charge is -2.18. The van der Waals surface area contributed by atoms with Gasteiger partial charge in [-0.25, -0.2) is 14.3 Å². The van der Waals surface area contributed by atoms with Gasteiger partial charge in [-0.3, -0.25) is 9.59 Å². The van der Waals surface area contributed by atoms with Gasteiger partial charge >= 0.3 is 12.1 Å². The van der Waals surface area contributed by atoms with Crippen molar-refractivity contribution in [2.45, 2.75) is 46.2 Å². The normalized spacial score (nSPS) is 11.6. The zero-order valence-corrected chi connectivity index (χ0v) is 23.7. The molecule has 2 N–H and O–H groups in total. The molecule has 0 saturated carbocycles. The van der Waals surface area contributed by atoms with E-state index in [1.807, 2.05) is 43.3 Å². The molecule has 0 unspecified atom stereocenters. The molecule has 10 nitrogen and oxygen atoms in total. The van der Waals surface area contributed by atoms with Crippen molar-refractivity contribution in [3.8, 4) is 11.6 Å². The number of fused-ring (bicyclic) bond motifs is 2. The number of ketones is 1. The van der Waals surface area contributed by atoms with Crippen LogP contribution < -0.4 is 10.1 Å². The van der Waals surface area contributed by atoms with E-state index in [1.54, 1.807) is 24.4 Å². The largest absolute Gasteiger partial charge is 0.490 e. The number of halogens is 3. The highest BCUT2D eigenvalue weighted by atomic mass is 19.4. The molecule has 0 saturated heterocycles. The number of nitrogens with zero attached hydrogens (tertiary/aromatic N) is 3. The topological polar surface area (TPSA) is 136 Å². The Morgan fingerprint density at radius 3 is 2.23 bits per heavy atom. The predicted octanol–water partition coefficient (Wildman–Crippen LogP) is 6.96. The zero-order chi connectivity index (χ0) is 31.7. The van der Waals surface area contributed by atoms with Gasteiger partial charge in [0.15, 0.2) is 34.3 Å². The maximum atomic E-state index is 12.7. The van der Waals surface area contributed by atoms with Crippen LogP contribution in [0, 0.1) is 6.92 Å². The van der Waals surface area contributed by atoms with Crippen LogP contribution in [0.5, 0.6) is 11.6 Å². The average molecular weight is 597 g/mol. The fraction of sp³-hybridized carbons (Fsp3) is 0.233. The molecule has 0 aliphatic rings. The number of aromatic nitrogens is 3. The maximum Gasteiger partial charge on any atom is 0.490 e. The Morgan fingerprint density at radius 2 is 1.65 bits per heavy atom. The van der Waals surface area contributed by atoms with E-state index in [0.717, 1.165) is 16.5 Å². The number of benzene rings is 2. The Balaban J connectivity index is 0.000000541. The van der Waals surface area contributed by atoms with E-state index in [-0.39, 0.29) is 22.9 Å². The van der Waals surface area contributed by atoms with Crippen LogP contribution in [-0.4, -0.2) is 43.5 Å². The number of aliphatic carboxylic acids is 1. The van der Waals surface area contributed by atoms with E-state index >= 15 is 0 Å². The smallest absolute Gasteiger partial charge is 0.475 e. The number of carboxylic acid groups (broad SMARTS) is 1. The Hall–Kier alpha value is -5.20. The monoisotopic (exact) mass is 596 g/mol. The highest BCUT2D eigenvalue weighted by Gasteiger charge is 2.38. The first-order valence-electron chi connectivity index (χ1n) is 12.8. The summed E-state index contributed by atoms with van der Waals surface area (Å²) in [5, 5.41) is 15.2. The third-order valence-electron chi connectivity index (χ3n) is 6.08. The van der Waals surface area contributed by atoms with Gasteiger partial charge in [-0.1, -0.05) is 32.9 Å². The SMILES string of the molecule is CC(=O)c1cc2cc(C)cc(Oc3ccc4nc(NC(=O)c5ccc(C(C)(C)C)cc5)cn4n3)c2o1.O=C(O)C(F)(F)F. The molecule has 3 aromatic heterocycles. The lowest BCUT2D eigenvalue weighted by Crippen LogP contribution is -2.21. The van der Waals surface area contributed by atoms with Crippen molar-refractivity contribution in [1.82, 2.24) is 14.6 Å². The molecule has 43 heavy (non-hydrogen) atoms. The third kappa shape index (κ3) is 7.36. The van der Waals surface area contributed by atoms with Gasteiger partial charge in [0.05, 0.1) is 6.20 Å². The van der Waals surface area contributed by atoms with E-state index < -0.39 is 12.1 Å². The highest BCUT2D eigenvalue weighted by molar-refractivity contribution is 6.04. The van der Waals surface area contributed by atoms with Crippen LogP contribution in [0.2, 0.25) is 0 Å². The van der Waals surface area contributed by atoms with Crippen molar-refractivity contribution in [3.63, 3.8) is 0 Å². The summed E-state index contributed by atoms with van der Waals surface area (Å²) in [6, 6.07) is 16.4. The van der Waals surface area contributed by atoms with Gasteiger partial charge in [0.2, 0.25) is 5.88 Å². The van der Waals surface area contributed by atoms with Crippen LogP contribution in [0.3, 0.4) is 0 Å². The summed E-state index contributed by atoms with van der Waals surface area (Å²) in [5.41, 5.74) is 3.69. The van der Waals surface area contributed by atoms with Crippen molar-refractivity contribution in [2.24, 2.45) is 0 Å². The number of rotatable bonds is 5. The number of amides is 1. The van der Waals surface area contributed by atoms with E-state index in [4.69, 9.17) is 19.1 Å². The molecule has 224 valence electrons. The molecule has 0 radical (unpaired) electrons. The van der Waals surface area contributed by atoms with Crippen LogP contribution in [0.15, 0.2) is 65.2 Å². The predicted molar refractivity (Wildman–Crippen MR) is 151 cm³/mol. The summed E-state index contributed by atoms with van der Waals surface area (Å²) >= 11 is 0. The second-order valence-electron chi connectivity index (χ2n) is 10.6. The number of carbonyl (C=O) groups is 3. The molecule has 2 aromatic carbocycles. The van der Waals surface area contributed by atoms with Crippen molar-refractivity contribution in [3.05, 3.63) is 83.2 Å². The third-order valence-corrected chi connectivity index (χ3v) is 6.08. The fourth-order valence-corrected chi connectivity index (χ4v) is 3.92. The zero-order valence-electron chi connectivity index (χ0n) is 23.7. The molecule has 0 aliphatic heterocycles. The first-order chi connectivity index (χ1) is 20.0. The van der Waals surface area contributed by atoms with E-state index in [2.05, 4.69) is 36.2 Å². The minimum Gasteiger partial charge on any atom is -0.475 e. The number of aryl methyl sites for hydroxylation is 1. The standard InChI is InChI=1S/C28H26N4O4.C2HF3O2/c1-16-12-19-14-21(17(2)33)36-26(19)22(13-16)35-25-11-10-24-29-23(15-32(24)31-25)30-27(34)18-6-8-20(9-7-18)28(3,4)5;3-2(4,5)1(6)7/h6-15H,1-5H3,(H,30,34);(H,6,7). The minimum atomic E-state index is -5.08. The van der Waals surface area contributed by atoms with Crippen molar-refractivity contribution in [1.29, 1.82) is 0 Å². The van der Waals surface area contributed by atoms with E-state index in [9.17, 15) is 22.8 Å². The number of carbonyl (C=O) groups excluding carboxylic acids is 2. The van der Waals surface area contributed by atoms with E-state index in [1.165, 1.54) is 11.4 Å². The summed E-state index contributed by atoms with van der Waals surface area (Å²) < 4.78 is 45.0. The second kappa shape index (κ2) is 11.6. The summed E-state index contributed by atoms with van der Waals surface area (Å²) in [5.74, 6) is -1.76. The van der Waals surface area contributed by atoms with Crippen LogP contribution in [0.4, 0.5) is 19.0 Å². The number of nitrogens with one attached hydrogen (secondary N) is 1. The maximum absolute atomic E-state index is 12.7. The van der Waals surface area contributed by atoms with Crippen LogP contribution in [0.1, 0.15) is 59.7 Å². The molecule has 13 heteroatoms. The van der Waals surface area contributed by atoms with Gasteiger partial charge in [-0.15, -0.1) is 5.10 Å². The number of Topliss-reactive ketones (excluding diaryl/α,β-unsaturated/α-hetero) is 1. The molecule has 0 aliphatic carbocycles. The van der Waals surface area contributed by atoms with Crippen LogP contribution in [0.25, 0.3) is 16.6 Å². The molecular formula is C30H27F3N4O6. The van der Waals surface area contributed by atoms with Crippen LogP contribution >= 0.6 is 0 Å². The first-order valence-corrected chi connectivity index (χ1v) is 12.8. The van der Waals surface area contributed by atoms with E-state index in [0.29, 0.717) is 34.2 Å². The molecule has 0 fully saturated rings. The van der Waals surface area contributed by atoms with Gasteiger partial charge in [0.1, 0.15) is 0 Å². The number of imidazole rings is 1. The van der Waals surface area contributed by atoms with Crippen molar-refractivity contribution in [2.75, 3.05) is 5.32 Å². The van der Waals surface area contributed by atoms with Gasteiger partial charge in [0.25, 0.3) is 5.91 Å². The number of carboxylic acids is 1. The molecule has 0 bridgehead atoms. The van der Waals surface area contributed by atoms with Gasteiger partial charge < -0.3 is 19.6 Å².